The Morgan fingerprint density at radius 3 is 2.80 bits per heavy atom. The molecule has 0 amide bonds. The second-order valence-corrected chi connectivity index (χ2v) is 5.36. The predicted molar refractivity (Wildman–Crippen MR) is 80.6 cm³/mol. The summed E-state index contributed by atoms with van der Waals surface area (Å²) in [6.45, 7) is 0. The number of benzene rings is 2. The Hall–Kier alpha value is -1.84. The molecular weight excluding hydrogens is 295 g/mol. The number of carbonyl (C=O) groups is 1. The average Bonchev–Trinajstić information content (AvgIpc) is 2.85. The van der Waals surface area contributed by atoms with Crippen molar-refractivity contribution in [3.63, 3.8) is 0 Å². The lowest BCUT2D eigenvalue weighted by Gasteiger charge is -2.04. The van der Waals surface area contributed by atoms with E-state index in [4.69, 9.17) is 23.2 Å². The van der Waals surface area contributed by atoms with Crippen molar-refractivity contribution in [2.45, 2.75) is 6.42 Å². The highest BCUT2D eigenvalue weighted by molar-refractivity contribution is 6.36. The summed E-state index contributed by atoms with van der Waals surface area (Å²) in [5.41, 5.74) is 2.36. The van der Waals surface area contributed by atoms with E-state index in [1.54, 1.807) is 24.4 Å². The van der Waals surface area contributed by atoms with E-state index in [-0.39, 0.29) is 5.78 Å². The van der Waals surface area contributed by atoms with Gasteiger partial charge in [0.15, 0.2) is 5.78 Å². The van der Waals surface area contributed by atoms with Gasteiger partial charge in [0.05, 0.1) is 16.7 Å². The Morgan fingerprint density at radius 1 is 1.15 bits per heavy atom. The molecular formula is C15H10Cl2N2O. The van der Waals surface area contributed by atoms with Gasteiger partial charge in [-0.05, 0) is 35.9 Å². The number of hydrogen-bond acceptors (Lipinski definition) is 2. The molecule has 100 valence electrons. The average molecular weight is 305 g/mol. The van der Waals surface area contributed by atoms with E-state index in [2.05, 4.69) is 10.2 Å². The van der Waals surface area contributed by atoms with Gasteiger partial charge in [0.25, 0.3) is 0 Å². The number of ketones is 1. The topological polar surface area (TPSA) is 45.8 Å². The van der Waals surface area contributed by atoms with Gasteiger partial charge in [0.1, 0.15) is 0 Å². The van der Waals surface area contributed by atoms with Crippen LogP contribution in [0.2, 0.25) is 10.0 Å². The maximum Gasteiger partial charge on any atom is 0.168 e. The van der Waals surface area contributed by atoms with Crippen molar-refractivity contribution in [3.05, 3.63) is 63.8 Å². The molecule has 3 rings (SSSR count). The van der Waals surface area contributed by atoms with Crippen LogP contribution in [0.5, 0.6) is 0 Å². The number of aromatic nitrogens is 2. The minimum absolute atomic E-state index is 0.0329. The van der Waals surface area contributed by atoms with Gasteiger partial charge < -0.3 is 0 Å². The normalized spacial score (nSPS) is 10.9. The molecule has 0 atom stereocenters. The molecule has 5 heteroatoms. The van der Waals surface area contributed by atoms with Gasteiger partial charge >= 0.3 is 0 Å². The highest BCUT2D eigenvalue weighted by Crippen LogP contribution is 2.23. The van der Waals surface area contributed by atoms with E-state index in [9.17, 15) is 4.79 Å². The minimum atomic E-state index is -0.0329. The largest absolute Gasteiger partial charge is 0.294 e. The lowest BCUT2D eigenvalue weighted by Crippen LogP contribution is -2.04. The van der Waals surface area contributed by atoms with Gasteiger partial charge in [0.2, 0.25) is 0 Å². The molecule has 20 heavy (non-hydrogen) atoms. The molecule has 0 fully saturated rings. The lowest BCUT2D eigenvalue weighted by atomic mass is 10.0. The minimum Gasteiger partial charge on any atom is -0.294 e. The first-order valence-corrected chi connectivity index (χ1v) is 6.79. The third kappa shape index (κ3) is 2.55. The molecule has 0 aliphatic heterocycles. The fourth-order valence-electron chi connectivity index (χ4n) is 2.10. The summed E-state index contributed by atoms with van der Waals surface area (Å²) in [6.07, 6.45) is 2.03. The van der Waals surface area contributed by atoms with E-state index >= 15 is 0 Å². The molecule has 0 radical (unpaired) electrons. The van der Waals surface area contributed by atoms with E-state index in [0.29, 0.717) is 22.0 Å². The van der Waals surface area contributed by atoms with E-state index in [1.807, 2.05) is 18.2 Å². The van der Waals surface area contributed by atoms with Crippen LogP contribution in [0, 0.1) is 0 Å². The van der Waals surface area contributed by atoms with Crippen LogP contribution < -0.4 is 0 Å². The Morgan fingerprint density at radius 2 is 2.00 bits per heavy atom. The summed E-state index contributed by atoms with van der Waals surface area (Å²) in [5, 5.41) is 8.72. The van der Waals surface area contributed by atoms with Crippen LogP contribution in [0.1, 0.15) is 15.9 Å². The van der Waals surface area contributed by atoms with Crippen molar-refractivity contribution in [2.24, 2.45) is 0 Å². The number of aromatic amines is 1. The SMILES string of the molecule is O=C(Cc1ccc2[nH]ncc2c1)c1ccc(Cl)cc1Cl. The fourth-order valence-corrected chi connectivity index (χ4v) is 2.61. The highest BCUT2D eigenvalue weighted by Gasteiger charge is 2.12. The molecule has 0 saturated heterocycles. The monoisotopic (exact) mass is 304 g/mol. The van der Waals surface area contributed by atoms with Gasteiger partial charge in [-0.25, -0.2) is 0 Å². The number of Topliss-reactive ketones (excluding diaryl/α,β-unsaturated/α-hetero) is 1. The molecule has 1 aromatic heterocycles. The van der Waals surface area contributed by atoms with Crippen molar-refractivity contribution in [1.82, 2.24) is 10.2 Å². The third-order valence-corrected chi connectivity index (χ3v) is 3.65. The maximum atomic E-state index is 12.3. The lowest BCUT2D eigenvalue weighted by molar-refractivity contribution is 0.0993. The molecule has 0 aliphatic rings. The Labute approximate surface area is 125 Å². The first-order chi connectivity index (χ1) is 9.63. The van der Waals surface area contributed by atoms with Crippen LogP contribution in [-0.4, -0.2) is 16.0 Å². The van der Waals surface area contributed by atoms with E-state index < -0.39 is 0 Å². The molecule has 2 aromatic carbocycles. The van der Waals surface area contributed by atoms with Gasteiger partial charge in [-0.2, -0.15) is 5.10 Å². The van der Waals surface area contributed by atoms with E-state index in [0.717, 1.165) is 16.5 Å². The van der Waals surface area contributed by atoms with E-state index in [1.165, 1.54) is 0 Å². The Balaban J connectivity index is 1.87. The summed E-state index contributed by atoms with van der Waals surface area (Å²) in [6, 6.07) is 10.7. The van der Waals surface area contributed by atoms with Crippen molar-refractivity contribution < 1.29 is 4.79 Å². The maximum absolute atomic E-state index is 12.3. The number of nitrogens with one attached hydrogen (secondary N) is 1. The van der Waals surface area contributed by atoms with Crippen LogP contribution >= 0.6 is 23.2 Å². The van der Waals surface area contributed by atoms with Crippen LogP contribution in [0.15, 0.2) is 42.6 Å². The number of carbonyl (C=O) groups excluding carboxylic acids is 1. The predicted octanol–water partition coefficient (Wildman–Crippen LogP) is 4.30. The smallest absolute Gasteiger partial charge is 0.168 e. The molecule has 0 unspecified atom stereocenters. The van der Waals surface area contributed by atoms with Gasteiger partial charge in [-0.3, -0.25) is 9.89 Å². The zero-order chi connectivity index (χ0) is 14.1. The second-order valence-electron chi connectivity index (χ2n) is 4.52. The highest BCUT2D eigenvalue weighted by atomic mass is 35.5. The molecule has 0 spiro atoms. The number of halogens is 2. The Bertz CT molecular complexity index is 795. The second kappa shape index (κ2) is 5.27. The van der Waals surface area contributed by atoms with Crippen LogP contribution in [0.3, 0.4) is 0 Å². The van der Waals surface area contributed by atoms with Crippen molar-refractivity contribution in [1.29, 1.82) is 0 Å². The van der Waals surface area contributed by atoms with Crippen molar-refractivity contribution in [3.8, 4) is 0 Å². The van der Waals surface area contributed by atoms with Gasteiger partial charge in [0, 0.05) is 22.4 Å². The van der Waals surface area contributed by atoms with Crippen molar-refractivity contribution >= 4 is 39.9 Å². The number of rotatable bonds is 3. The first kappa shape index (κ1) is 13.2. The molecule has 0 saturated carbocycles. The molecule has 0 aliphatic carbocycles. The first-order valence-electron chi connectivity index (χ1n) is 6.04. The van der Waals surface area contributed by atoms with Crippen LogP contribution in [0.4, 0.5) is 0 Å². The van der Waals surface area contributed by atoms with Crippen molar-refractivity contribution in [2.75, 3.05) is 0 Å². The standard InChI is InChI=1S/C15H10Cl2N2O/c16-11-2-3-12(13(17)7-11)15(20)6-9-1-4-14-10(5-9)8-18-19-14/h1-5,7-8H,6H2,(H,18,19). The molecule has 1 N–H and O–H groups in total. The quantitative estimate of drug-likeness (QED) is 0.733. The fraction of sp³-hybridized carbons (Fsp3) is 0.0667. The zero-order valence-corrected chi connectivity index (χ0v) is 11.9. The third-order valence-electron chi connectivity index (χ3n) is 3.10. The summed E-state index contributed by atoms with van der Waals surface area (Å²) in [4.78, 5) is 12.3. The number of H-pyrrole nitrogens is 1. The molecule has 1 heterocycles. The van der Waals surface area contributed by atoms with Gasteiger partial charge in [-0.15, -0.1) is 0 Å². The molecule has 3 nitrogen and oxygen atoms in total. The summed E-state index contributed by atoms with van der Waals surface area (Å²) < 4.78 is 0. The zero-order valence-electron chi connectivity index (χ0n) is 10.4. The number of fused-ring (bicyclic) bond motifs is 1. The summed E-state index contributed by atoms with van der Waals surface area (Å²) in [5.74, 6) is -0.0329. The van der Waals surface area contributed by atoms with Crippen LogP contribution in [0.25, 0.3) is 10.9 Å². The molecule has 0 bridgehead atoms. The Kier molecular flexibility index (Phi) is 3.47. The molecule has 3 aromatic rings. The summed E-state index contributed by atoms with van der Waals surface area (Å²) in [7, 11) is 0. The number of nitrogens with zero attached hydrogens (tertiary/aromatic N) is 1. The van der Waals surface area contributed by atoms with Crippen LogP contribution in [-0.2, 0) is 6.42 Å². The number of hydrogen-bond donors (Lipinski definition) is 1. The summed E-state index contributed by atoms with van der Waals surface area (Å²) >= 11 is 11.9. The van der Waals surface area contributed by atoms with Gasteiger partial charge in [-0.1, -0.05) is 29.3 Å².